The maximum Gasteiger partial charge on any atom is 0.326 e. The van der Waals surface area contributed by atoms with E-state index >= 15 is 0 Å². The molecule has 1 aromatic heterocycles. The molecule has 0 spiro atoms. The summed E-state index contributed by atoms with van der Waals surface area (Å²) in [5.41, 5.74) is -0.729. The summed E-state index contributed by atoms with van der Waals surface area (Å²) >= 11 is 0. The molecule has 5 heteroatoms. The number of rotatable bonds is 2. The van der Waals surface area contributed by atoms with Crippen molar-refractivity contribution in [2.75, 3.05) is 6.54 Å². The normalized spacial score (nSPS) is 19.6. The van der Waals surface area contributed by atoms with Crippen LogP contribution in [-0.2, 0) is 0 Å². The molecule has 17 heavy (non-hydrogen) atoms. The van der Waals surface area contributed by atoms with Crippen molar-refractivity contribution in [2.24, 2.45) is 0 Å². The Morgan fingerprint density at radius 1 is 1.35 bits per heavy atom. The number of aliphatic hydroxyl groups is 1. The Labute approximate surface area is 101 Å². The van der Waals surface area contributed by atoms with Crippen LogP contribution in [0.5, 0.6) is 0 Å². The van der Waals surface area contributed by atoms with Crippen LogP contribution in [0, 0.1) is 0 Å². The SMILES string of the molecule is O=C(NCC1(O)CCCCCC1)n1ccnc1. The van der Waals surface area contributed by atoms with Gasteiger partial charge in [0.15, 0.2) is 0 Å². The number of nitrogens with zero attached hydrogens (tertiary/aromatic N) is 2. The van der Waals surface area contributed by atoms with Crippen LogP contribution in [0.2, 0.25) is 0 Å². The molecule has 0 radical (unpaired) electrons. The lowest BCUT2D eigenvalue weighted by Crippen LogP contribution is -2.43. The monoisotopic (exact) mass is 237 g/mol. The highest BCUT2D eigenvalue weighted by atomic mass is 16.3. The Kier molecular flexibility index (Phi) is 3.78. The van der Waals surface area contributed by atoms with Gasteiger partial charge in [-0.1, -0.05) is 25.7 Å². The van der Waals surface area contributed by atoms with Gasteiger partial charge in [-0.15, -0.1) is 0 Å². The van der Waals surface area contributed by atoms with Gasteiger partial charge in [-0.2, -0.15) is 0 Å². The Bertz CT molecular complexity index is 354. The highest BCUT2D eigenvalue weighted by Crippen LogP contribution is 2.26. The van der Waals surface area contributed by atoms with Gasteiger partial charge >= 0.3 is 6.03 Å². The molecule has 0 aromatic carbocycles. The largest absolute Gasteiger partial charge is 0.388 e. The van der Waals surface area contributed by atoms with E-state index in [0.717, 1.165) is 25.7 Å². The third kappa shape index (κ3) is 3.30. The van der Waals surface area contributed by atoms with Crippen LogP contribution in [0.1, 0.15) is 38.5 Å². The average Bonchev–Trinajstić information content (AvgIpc) is 2.77. The summed E-state index contributed by atoms with van der Waals surface area (Å²) in [7, 11) is 0. The Morgan fingerprint density at radius 2 is 2.06 bits per heavy atom. The number of carbonyl (C=O) groups excluding carboxylic acids is 1. The fourth-order valence-corrected chi connectivity index (χ4v) is 2.27. The van der Waals surface area contributed by atoms with Crippen molar-refractivity contribution < 1.29 is 9.90 Å². The first kappa shape index (κ1) is 12.1. The molecular weight excluding hydrogens is 218 g/mol. The van der Waals surface area contributed by atoms with Crippen molar-refractivity contribution in [3.63, 3.8) is 0 Å². The van der Waals surface area contributed by atoms with Crippen molar-refractivity contribution in [1.82, 2.24) is 14.9 Å². The predicted molar refractivity (Wildman–Crippen MR) is 63.7 cm³/mol. The van der Waals surface area contributed by atoms with Crippen LogP contribution in [0.15, 0.2) is 18.7 Å². The maximum absolute atomic E-state index is 11.7. The first-order chi connectivity index (χ1) is 8.20. The van der Waals surface area contributed by atoms with E-state index in [9.17, 15) is 9.90 Å². The molecule has 1 heterocycles. The molecule has 0 atom stereocenters. The molecule has 1 amide bonds. The molecule has 1 saturated carbocycles. The van der Waals surface area contributed by atoms with E-state index in [2.05, 4.69) is 10.3 Å². The van der Waals surface area contributed by atoms with Gasteiger partial charge in [0.2, 0.25) is 0 Å². The summed E-state index contributed by atoms with van der Waals surface area (Å²) in [6.45, 7) is 0.323. The minimum absolute atomic E-state index is 0.236. The van der Waals surface area contributed by atoms with Gasteiger partial charge < -0.3 is 10.4 Å². The van der Waals surface area contributed by atoms with Crippen molar-refractivity contribution in [3.05, 3.63) is 18.7 Å². The van der Waals surface area contributed by atoms with Crippen LogP contribution < -0.4 is 5.32 Å². The summed E-state index contributed by atoms with van der Waals surface area (Å²) in [4.78, 5) is 15.5. The molecule has 0 aliphatic heterocycles. The zero-order valence-corrected chi connectivity index (χ0v) is 9.93. The molecule has 1 aliphatic rings. The number of hydrogen-bond donors (Lipinski definition) is 2. The van der Waals surface area contributed by atoms with Gasteiger partial charge in [-0.05, 0) is 12.8 Å². The van der Waals surface area contributed by atoms with Crippen molar-refractivity contribution in [1.29, 1.82) is 0 Å². The number of aromatic nitrogens is 2. The number of imidazole rings is 1. The van der Waals surface area contributed by atoms with E-state index in [-0.39, 0.29) is 6.03 Å². The van der Waals surface area contributed by atoms with Crippen LogP contribution in [0.4, 0.5) is 4.79 Å². The molecule has 94 valence electrons. The molecule has 1 aromatic rings. The Morgan fingerprint density at radius 3 is 2.65 bits per heavy atom. The topological polar surface area (TPSA) is 67.2 Å². The summed E-state index contributed by atoms with van der Waals surface area (Å²) in [5.74, 6) is 0. The summed E-state index contributed by atoms with van der Waals surface area (Å²) < 4.78 is 1.38. The average molecular weight is 237 g/mol. The highest BCUT2D eigenvalue weighted by Gasteiger charge is 2.28. The molecule has 2 N–H and O–H groups in total. The maximum atomic E-state index is 11.7. The number of amides is 1. The van der Waals surface area contributed by atoms with Gasteiger partial charge in [-0.25, -0.2) is 9.78 Å². The second kappa shape index (κ2) is 5.31. The summed E-state index contributed by atoms with van der Waals surface area (Å²) in [5, 5.41) is 13.1. The second-order valence-corrected chi connectivity index (χ2v) is 4.77. The lowest BCUT2D eigenvalue weighted by atomic mass is 9.95. The minimum atomic E-state index is -0.729. The zero-order valence-electron chi connectivity index (χ0n) is 9.93. The fraction of sp³-hybridized carbons (Fsp3) is 0.667. The van der Waals surface area contributed by atoms with Gasteiger partial charge in [-0.3, -0.25) is 4.57 Å². The van der Waals surface area contributed by atoms with Gasteiger partial charge in [0.1, 0.15) is 6.33 Å². The van der Waals surface area contributed by atoms with Gasteiger partial charge in [0, 0.05) is 18.9 Å². The second-order valence-electron chi connectivity index (χ2n) is 4.77. The van der Waals surface area contributed by atoms with Crippen molar-refractivity contribution in [2.45, 2.75) is 44.1 Å². The number of nitrogens with one attached hydrogen (secondary N) is 1. The van der Waals surface area contributed by atoms with E-state index in [1.165, 1.54) is 23.7 Å². The van der Waals surface area contributed by atoms with E-state index in [0.29, 0.717) is 6.54 Å². The summed E-state index contributed by atoms with van der Waals surface area (Å²) in [6.07, 6.45) is 10.6. The predicted octanol–water partition coefficient (Wildman–Crippen LogP) is 1.53. The molecule has 5 nitrogen and oxygen atoms in total. The van der Waals surface area contributed by atoms with Crippen molar-refractivity contribution >= 4 is 6.03 Å². The number of hydrogen-bond acceptors (Lipinski definition) is 3. The van der Waals surface area contributed by atoms with Gasteiger partial charge in [0.05, 0.1) is 5.60 Å². The molecule has 1 aliphatic carbocycles. The molecular formula is C12H19N3O2. The standard InChI is InChI=1S/C12H19N3O2/c16-11(15-8-7-13-10-15)14-9-12(17)5-3-1-2-4-6-12/h7-8,10,17H,1-6,9H2,(H,14,16). The third-order valence-corrected chi connectivity index (χ3v) is 3.34. The molecule has 0 bridgehead atoms. The Hall–Kier alpha value is -1.36. The molecule has 2 rings (SSSR count). The fourth-order valence-electron chi connectivity index (χ4n) is 2.27. The molecule has 0 unspecified atom stereocenters. The van der Waals surface area contributed by atoms with E-state index < -0.39 is 5.60 Å². The first-order valence-electron chi connectivity index (χ1n) is 6.18. The molecule has 0 saturated heterocycles. The third-order valence-electron chi connectivity index (χ3n) is 3.34. The smallest absolute Gasteiger partial charge is 0.326 e. The van der Waals surface area contributed by atoms with Gasteiger partial charge in [0.25, 0.3) is 0 Å². The zero-order chi connectivity index (χ0) is 12.1. The first-order valence-corrected chi connectivity index (χ1v) is 6.18. The van der Waals surface area contributed by atoms with E-state index in [1.807, 2.05) is 0 Å². The summed E-state index contributed by atoms with van der Waals surface area (Å²) in [6, 6.07) is -0.236. The van der Waals surface area contributed by atoms with Crippen LogP contribution in [-0.4, -0.2) is 32.8 Å². The van der Waals surface area contributed by atoms with E-state index in [1.54, 1.807) is 12.4 Å². The lowest BCUT2D eigenvalue weighted by molar-refractivity contribution is 0.0277. The van der Waals surface area contributed by atoms with Crippen LogP contribution in [0.25, 0.3) is 0 Å². The molecule has 1 fully saturated rings. The lowest BCUT2D eigenvalue weighted by Gasteiger charge is -2.26. The van der Waals surface area contributed by atoms with Crippen molar-refractivity contribution in [3.8, 4) is 0 Å². The quantitative estimate of drug-likeness (QED) is 0.766. The minimum Gasteiger partial charge on any atom is -0.388 e. The van der Waals surface area contributed by atoms with E-state index in [4.69, 9.17) is 0 Å². The number of carbonyl (C=O) groups is 1. The van der Waals surface area contributed by atoms with Crippen LogP contribution >= 0.6 is 0 Å². The Balaban J connectivity index is 1.86. The van der Waals surface area contributed by atoms with Crippen LogP contribution in [0.3, 0.4) is 0 Å². The highest BCUT2D eigenvalue weighted by molar-refractivity contribution is 5.76.